The molecule has 1 nitrogen and oxygen atoms in total. The van der Waals surface area contributed by atoms with Gasteiger partial charge in [0.1, 0.15) is 0 Å². The molecule has 0 saturated heterocycles. The minimum Gasteiger partial charge on any atom is -0.289 e. The molecule has 0 heterocycles. The van der Waals surface area contributed by atoms with Crippen LogP contribution in [0.5, 0.6) is 0 Å². The number of ketones is 1. The van der Waals surface area contributed by atoms with E-state index >= 15 is 4.79 Å². The van der Waals surface area contributed by atoms with Gasteiger partial charge in [0.05, 0.1) is 0 Å². The molecule has 296 valence electrons. The molecule has 0 radical (unpaired) electrons. The summed E-state index contributed by atoms with van der Waals surface area (Å²) in [5.74, 6) is -0.0417. The molecule has 9 rings (SSSR count). The van der Waals surface area contributed by atoms with E-state index in [0.29, 0.717) is 11.1 Å². The van der Waals surface area contributed by atoms with E-state index in [1.165, 1.54) is 0 Å². The van der Waals surface area contributed by atoms with Crippen molar-refractivity contribution < 1.29 is 4.79 Å². The van der Waals surface area contributed by atoms with E-state index in [-0.39, 0.29) is 5.78 Å². The summed E-state index contributed by atoms with van der Waals surface area (Å²) in [7, 11) is 0. The second-order valence-electron chi connectivity index (χ2n) is 15.5. The van der Waals surface area contributed by atoms with Crippen molar-refractivity contribution in [2.75, 3.05) is 0 Å². The zero-order valence-corrected chi connectivity index (χ0v) is 35.0. The number of hydrogen-bond donors (Lipinski definition) is 0. The Morgan fingerprint density at radius 1 is 0.323 bits per heavy atom. The van der Waals surface area contributed by atoms with Crippen molar-refractivity contribution in [3.8, 4) is 77.9 Å². The van der Waals surface area contributed by atoms with Crippen LogP contribution >= 0.6 is 0 Å². The van der Waals surface area contributed by atoms with Gasteiger partial charge in [-0.05, 0) is 139 Å². The molecule has 0 aromatic heterocycles. The monoisotopic (exact) mass is 794 g/mol. The summed E-state index contributed by atoms with van der Waals surface area (Å²) in [4.78, 5) is 15.6. The van der Waals surface area contributed by atoms with Gasteiger partial charge in [-0.15, -0.1) is 0 Å². The third-order valence-corrected chi connectivity index (χ3v) is 11.6. The number of carbonyl (C=O) groups is 1. The Bertz CT molecular complexity index is 2980. The van der Waals surface area contributed by atoms with Crippen LogP contribution < -0.4 is 0 Å². The molecular weight excluding hydrogens is 749 g/mol. The highest BCUT2D eigenvalue weighted by molar-refractivity contribution is 6.12. The molecule has 9 aromatic rings. The second kappa shape index (κ2) is 18.2. The molecular formula is C61H46O. The van der Waals surface area contributed by atoms with Crippen LogP contribution in [0.2, 0.25) is 0 Å². The molecule has 0 fully saturated rings. The van der Waals surface area contributed by atoms with Gasteiger partial charge in [-0.3, -0.25) is 4.79 Å². The molecule has 0 aliphatic heterocycles. The molecule has 0 amide bonds. The molecule has 9 aromatic carbocycles. The second-order valence-corrected chi connectivity index (χ2v) is 15.5. The van der Waals surface area contributed by atoms with Crippen LogP contribution in [0.3, 0.4) is 0 Å². The lowest BCUT2D eigenvalue weighted by molar-refractivity contribution is 0.103. The first-order valence-corrected chi connectivity index (χ1v) is 21.3. The highest BCUT2D eigenvalue weighted by atomic mass is 16.1. The van der Waals surface area contributed by atoms with Gasteiger partial charge in [-0.2, -0.15) is 0 Å². The van der Waals surface area contributed by atoms with Crippen molar-refractivity contribution in [1.82, 2.24) is 0 Å². The van der Waals surface area contributed by atoms with Gasteiger partial charge in [-0.1, -0.05) is 206 Å². The van der Waals surface area contributed by atoms with E-state index in [2.05, 4.69) is 231 Å². The summed E-state index contributed by atoms with van der Waals surface area (Å²) in [6.45, 7) is 4.12. The standard InChI is InChI=1S/C61H46O/c1-3-22-43(4-2)53-29-14-18-33-57(53)47-37-48(58-34-19-15-30-54(58)44-23-8-5-9-24-44)40-51(39-47)61(62)52-41-49(59-35-20-16-31-55(59)45-25-10-6-11-26-45)38-50(42-52)60-36-21-17-32-56(60)46-27-12-7-13-28-46/h3-42H,1-2H3/b22-3-,43-4+. The van der Waals surface area contributed by atoms with Crippen molar-refractivity contribution in [3.63, 3.8) is 0 Å². The summed E-state index contributed by atoms with van der Waals surface area (Å²) in [6.07, 6.45) is 6.37. The molecule has 0 aliphatic carbocycles. The average molecular weight is 795 g/mol. The summed E-state index contributed by atoms with van der Waals surface area (Å²) in [5.41, 5.74) is 18.4. The number of benzene rings is 9. The summed E-state index contributed by atoms with van der Waals surface area (Å²) >= 11 is 0. The summed E-state index contributed by atoms with van der Waals surface area (Å²) < 4.78 is 0. The van der Waals surface area contributed by atoms with E-state index < -0.39 is 0 Å². The maximum atomic E-state index is 15.6. The van der Waals surface area contributed by atoms with Crippen molar-refractivity contribution >= 4 is 11.4 Å². The third kappa shape index (κ3) is 8.17. The van der Waals surface area contributed by atoms with E-state index in [1.54, 1.807) is 0 Å². The van der Waals surface area contributed by atoms with Crippen LogP contribution in [0.4, 0.5) is 0 Å². The first-order valence-electron chi connectivity index (χ1n) is 21.3. The predicted octanol–water partition coefficient (Wildman–Crippen LogP) is 16.6. The van der Waals surface area contributed by atoms with Gasteiger partial charge < -0.3 is 0 Å². The quantitative estimate of drug-likeness (QED) is 0.0941. The van der Waals surface area contributed by atoms with Gasteiger partial charge in [0, 0.05) is 11.1 Å². The number of allylic oxidation sites excluding steroid dienone is 4. The fourth-order valence-corrected chi connectivity index (χ4v) is 8.63. The largest absolute Gasteiger partial charge is 0.289 e. The van der Waals surface area contributed by atoms with E-state index in [1.807, 2.05) is 25.1 Å². The zero-order chi connectivity index (χ0) is 42.3. The van der Waals surface area contributed by atoms with Crippen molar-refractivity contribution in [2.45, 2.75) is 13.8 Å². The topological polar surface area (TPSA) is 17.1 Å². The Kier molecular flexibility index (Phi) is 11.6. The normalized spacial score (nSPS) is 11.5. The van der Waals surface area contributed by atoms with Gasteiger partial charge in [0.25, 0.3) is 0 Å². The maximum Gasteiger partial charge on any atom is 0.193 e. The van der Waals surface area contributed by atoms with Crippen LogP contribution in [-0.2, 0) is 0 Å². The SMILES string of the molecule is C/C=C\C(=C/C)c1ccccc1-c1cc(C(=O)c2cc(-c3ccccc3-c3ccccc3)cc(-c3ccccc3-c3ccccc3)c2)cc(-c2ccccc2-c2ccccc2)c1. The van der Waals surface area contributed by atoms with Gasteiger partial charge >= 0.3 is 0 Å². The van der Waals surface area contributed by atoms with Gasteiger partial charge in [0.2, 0.25) is 0 Å². The predicted molar refractivity (Wildman–Crippen MR) is 263 cm³/mol. The lowest BCUT2D eigenvalue weighted by Gasteiger charge is -2.18. The van der Waals surface area contributed by atoms with Crippen LogP contribution in [0, 0.1) is 0 Å². The summed E-state index contributed by atoms with van der Waals surface area (Å²) in [5, 5.41) is 0. The number of hydrogen-bond acceptors (Lipinski definition) is 1. The fraction of sp³-hybridized carbons (Fsp3) is 0.0328. The minimum absolute atomic E-state index is 0.0417. The highest BCUT2D eigenvalue weighted by Gasteiger charge is 2.20. The Labute approximate surface area is 365 Å². The van der Waals surface area contributed by atoms with Gasteiger partial charge in [-0.25, -0.2) is 0 Å². The van der Waals surface area contributed by atoms with E-state index in [9.17, 15) is 0 Å². The Balaban J connectivity index is 1.29. The van der Waals surface area contributed by atoms with Crippen LogP contribution in [0.25, 0.3) is 83.5 Å². The lowest BCUT2D eigenvalue weighted by Crippen LogP contribution is -2.04. The van der Waals surface area contributed by atoms with Crippen molar-refractivity contribution in [1.29, 1.82) is 0 Å². The molecule has 0 aliphatic rings. The third-order valence-electron chi connectivity index (χ3n) is 11.6. The van der Waals surface area contributed by atoms with E-state index in [4.69, 9.17) is 0 Å². The molecule has 0 N–H and O–H groups in total. The molecule has 0 unspecified atom stereocenters. The molecule has 0 spiro atoms. The summed E-state index contributed by atoms with van der Waals surface area (Å²) in [6, 6.07) is 78.3. The molecule has 1 heteroatoms. The first-order chi connectivity index (χ1) is 30.6. The minimum atomic E-state index is -0.0417. The number of carbonyl (C=O) groups excluding carboxylic acids is 1. The lowest BCUT2D eigenvalue weighted by atomic mass is 9.85. The Morgan fingerprint density at radius 3 is 0.952 bits per heavy atom. The Morgan fingerprint density at radius 2 is 0.613 bits per heavy atom. The average Bonchev–Trinajstić information content (AvgIpc) is 3.36. The zero-order valence-electron chi connectivity index (χ0n) is 35.0. The van der Waals surface area contributed by atoms with Crippen molar-refractivity contribution in [3.05, 3.63) is 259 Å². The molecule has 0 atom stereocenters. The molecule has 0 bridgehead atoms. The van der Waals surface area contributed by atoms with Crippen LogP contribution in [-0.4, -0.2) is 5.78 Å². The van der Waals surface area contributed by atoms with Crippen LogP contribution in [0.1, 0.15) is 35.3 Å². The Hall–Kier alpha value is -7.87. The highest BCUT2D eigenvalue weighted by Crippen LogP contribution is 2.41. The van der Waals surface area contributed by atoms with E-state index in [0.717, 1.165) is 89.0 Å². The molecule has 0 saturated carbocycles. The molecule has 62 heavy (non-hydrogen) atoms. The van der Waals surface area contributed by atoms with Crippen molar-refractivity contribution in [2.24, 2.45) is 0 Å². The first kappa shape index (κ1) is 39.6. The maximum absolute atomic E-state index is 15.6. The van der Waals surface area contributed by atoms with Gasteiger partial charge in [0.15, 0.2) is 5.78 Å². The fourth-order valence-electron chi connectivity index (χ4n) is 8.63. The van der Waals surface area contributed by atoms with Crippen LogP contribution in [0.15, 0.2) is 243 Å². The number of rotatable bonds is 11. The smallest absolute Gasteiger partial charge is 0.193 e.